The smallest absolute Gasteiger partial charge is 0.716 e. The van der Waals surface area contributed by atoms with Crippen LogP contribution in [0.3, 0.4) is 0 Å². The van der Waals surface area contributed by atoms with Crippen LogP contribution >= 0.6 is 0 Å². The van der Waals surface area contributed by atoms with E-state index in [0.29, 0.717) is 11.4 Å². The maximum atomic E-state index is 10.4. The zero-order valence-electron chi connectivity index (χ0n) is 12.1. The Morgan fingerprint density at radius 3 is 1.82 bits per heavy atom. The van der Waals surface area contributed by atoms with Crippen molar-refractivity contribution in [2.75, 3.05) is 12.4 Å². The number of anilines is 1. The Labute approximate surface area is 171 Å². The van der Waals surface area contributed by atoms with Crippen molar-refractivity contribution in [1.82, 2.24) is 0 Å². The monoisotopic (exact) mass is 345 g/mol. The van der Waals surface area contributed by atoms with E-state index < -0.39 is 10.4 Å². The van der Waals surface area contributed by atoms with E-state index in [1.54, 1.807) is 12.1 Å². The number of nitrogens with one attached hydrogen (secondary N) is 1. The van der Waals surface area contributed by atoms with Crippen molar-refractivity contribution in [3.05, 3.63) is 48.5 Å². The minimum atomic E-state index is -4.76. The summed E-state index contributed by atoms with van der Waals surface area (Å²) in [7, 11) is -2.94. The maximum absolute atomic E-state index is 10.4. The second-order valence-corrected chi connectivity index (χ2v) is 4.97. The largest absolute Gasteiger partial charge is 1.00 e. The predicted octanol–water partition coefficient (Wildman–Crippen LogP) is -0.0133. The molecule has 22 heavy (non-hydrogen) atoms. The average molecular weight is 345 g/mol. The zero-order chi connectivity index (χ0) is 15.3. The molecule has 0 radical (unpaired) electrons. The van der Waals surface area contributed by atoms with Crippen LogP contribution in [0.1, 0.15) is 0 Å². The molecule has 2 rings (SSSR count). The maximum Gasteiger partial charge on any atom is 1.00 e. The van der Waals surface area contributed by atoms with Crippen molar-refractivity contribution in [3.63, 3.8) is 0 Å². The van der Waals surface area contributed by atoms with Crippen LogP contribution in [-0.4, -0.2) is 20.0 Å². The van der Waals surface area contributed by atoms with Gasteiger partial charge in [-0.3, -0.25) is 0 Å². The van der Waals surface area contributed by atoms with Gasteiger partial charge in [-0.25, -0.2) is 8.42 Å². The van der Waals surface area contributed by atoms with Crippen molar-refractivity contribution >= 4 is 27.5 Å². The fraction of sp³-hybridized carbons (Fsp3) is 0.0769. The van der Waals surface area contributed by atoms with Gasteiger partial charge in [0.15, 0.2) is 0 Å². The average Bonchev–Trinajstić information content (AvgIpc) is 2.45. The standard InChI is InChI=1S/C13H13N3O4S.K/c1-14-10-2-4-11(5-3-10)15-16-12-6-8-13(9-7-12)20-21(17,18)19;/h2-9,14H,1H3,(H,17,18,19);/q;+1/p-1. The number of nitrogens with zero attached hydrogens (tertiary/aromatic N) is 2. The summed E-state index contributed by atoms with van der Waals surface area (Å²) in [5.41, 5.74) is 2.15. The molecule has 0 saturated heterocycles. The molecule has 0 heterocycles. The molecule has 0 bridgehead atoms. The number of hydrogen-bond acceptors (Lipinski definition) is 7. The molecule has 0 spiro atoms. The summed E-state index contributed by atoms with van der Waals surface area (Å²) in [6.45, 7) is 0. The van der Waals surface area contributed by atoms with Crippen LogP contribution in [0.5, 0.6) is 5.75 Å². The van der Waals surface area contributed by atoms with Crippen LogP contribution < -0.4 is 60.9 Å². The van der Waals surface area contributed by atoms with Crippen molar-refractivity contribution < 1.29 is 68.5 Å². The Bertz CT molecular complexity index is 731. The van der Waals surface area contributed by atoms with E-state index in [1.165, 1.54) is 24.3 Å². The third-order valence-corrected chi connectivity index (χ3v) is 2.87. The first-order chi connectivity index (χ1) is 9.96. The molecule has 0 aliphatic carbocycles. The normalized spacial score (nSPS) is 11.0. The van der Waals surface area contributed by atoms with Gasteiger partial charge in [0.2, 0.25) is 0 Å². The van der Waals surface area contributed by atoms with Gasteiger partial charge in [0, 0.05) is 12.7 Å². The van der Waals surface area contributed by atoms with Gasteiger partial charge in [-0.15, -0.1) is 0 Å². The second kappa shape index (κ2) is 8.72. The van der Waals surface area contributed by atoms with Gasteiger partial charge in [0.1, 0.15) is 5.75 Å². The molecule has 110 valence electrons. The first-order valence-corrected chi connectivity index (χ1v) is 7.24. The van der Waals surface area contributed by atoms with Gasteiger partial charge < -0.3 is 14.1 Å². The predicted molar refractivity (Wildman–Crippen MR) is 76.9 cm³/mol. The number of azo groups is 1. The summed E-state index contributed by atoms with van der Waals surface area (Å²) in [5, 5.41) is 11.0. The van der Waals surface area contributed by atoms with Crippen LogP contribution in [0.4, 0.5) is 17.1 Å². The third kappa shape index (κ3) is 6.52. The molecule has 2 aromatic rings. The quantitative estimate of drug-likeness (QED) is 0.355. The Morgan fingerprint density at radius 1 is 0.955 bits per heavy atom. The molecule has 1 N–H and O–H groups in total. The number of hydrogen-bond donors (Lipinski definition) is 1. The second-order valence-electron chi connectivity index (χ2n) is 3.98. The number of rotatable bonds is 5. The molecular weight excluding hydrogens is 333 g/mol. The van der Waals surface area contributed by atoms with E-state index in [1.807, 2.05) is 19.2 Å². The molecule has 0 aliphatic rings. The van der Waals surface area contributed by atoms with E-state index in [2.05, 4.69) is 19.7 Å². The molecule has 2 aromatic carbocycles. The summed E-state index contributed by atoms with van der Waals surface area (Å²) in [6, 6.07) is 13.0. The van der Waals surface area contributed by atoms with Crippen LogP contribution in [0.15, 0.2) is 58.8 Å². The Morgan fingerprint density at radius 2 is 1.41 bits per heavy atom. The van der Waals surface area contributed by atoms with E-state index in [9.17, 15) is 13.0 Å². The topological polar surface area (TPSA) is 103 Å². The van der Waals surface area contributed by atoms with Gasteiger partial charge in [-0.1, -0.05) is 0 Å². The van der Waals surface area contributed by atoms with E-state index in [-0.39, 0.29) is 57.1 Å². The van der Waals surface area contributed by atoms with Crippen LogP contribution in [-0.2, 0) is 10.4 Å². The molecule has 0 amide bonds. The molecule has 0 aromatic heterocycles. The molecule has 0 unspecified atom stereocenters. The fourth-order valence-electron chi connectivity index (χ4n) is 1.50. The minimum Gasteiger partial charge on any atom is -0.716 e. The molecular formula is C13H12KN3O4S. The van der Waals surface area contributed by atoms with Crippen LogP contribution in [0.25, 0.3) is 0 Å². The molecule has 9 heteroatoms. The Kier molecular flexibility index (Phi) is 7.63. The van der Waals surface area contributed by atoms with Crippen molar-refractivity contribution in [1.29, 1.82) is 0 Å². The zero-order valence-corrected chi connectivity index (χ0v) is 16.0. The van der Waals surface area contributed by atoms with E-state index in [0.717, 1.165) is 5.69 Å². The van der Waals surface area contributed by atoms with Gasteiger partial charge in [0.05, 0.1) is 11.4 Å². The first-order valence-electron chi connectivity index (χ1n) is 5.91. The summed E-state index contributed by atoms with van der Waals surface area (Å²) in [6.07, 6.45) is 0. The van der Waals surface area contributed by atoms with Gasteiger partial charge in [0.25, 0.3) is 10.4 Å². The van der Waals surface area contributed by atoms with E-state index in [4.69, 9.17) is 0 Å². The summed E-state index contributed by atoms with van der Waals surface area (Å²) in [5.74, 6) is -0.0673. The SMILES string of the molecule is CNc1ccc(N=Nc2ccc(OS(=O)(=O)[O-])cc2)cc1.[K+]. The molecule has 0 atom stereocenters. The molecule has 0 fully saturated rings. The van der Waals surface area contributed by atoms with Crippen molar-refractivity contribution in [2.45, 2.75) is 0 Å². The van der Waals surface area contributed by atoms with Gasteiger partial charge in [-0.2, -0.15) is 10.2 Å². The summed E-state index contributed by atoms with van der Waals surface area (Å²) >= 11 is 0. The van der Waals surface area contributed by atoms with Crippen molar-refractivity contribution in [3.8, 4) is 5.75 Å². The van der Waals surface area contributed by atoms with Crippen LogP contribution in [0, 0.1) is 0 Å². The molecule has 7 nitrogen and oxygen atoms in total. The molecule has 0 saturated carbocycles. The third-order valence-electron chi connectivity index (χ3n) is 2.47. The number of benzene rings is 2. The molecule has 0 aliphatic heterocycles. The fourth-order valence-corrected chi connectivity index (χ4v) is 1.84. The summed E-state index contributed by atoms with van der Waals surface area (Å²) in [4.78, 5) is 0. The Hall–Kier alpha value is -0.814. The van der Waals surface area contributed by atoms with Crippen LogP contribution in [0.2, 0.25) is 0 Å². The minimum absolute atomic E-state index is 0. The summed E-state index contributed by atoms with van der Waals surface area (Å²) < 4.78 is 35.5. The van der Waals surface area contributed by atoms with Crippen molar-refractivity contribution in [2.24, 2.45) is 10.2 Å². The first kappa shape index (κ1) is 19.2. The van der Waals surface area contributed by atoms with E-state index >= 15 is 0 Å². The van der Waals surface area contributed by atoms with Gasteiger partial charge >= 0.3 is 51.4 Å². The Balaban J connectivity index is 0.00000242. The van der Waals surface area contributed by atoms with Gasteiger partial charge in [-0.05, 0) is 48.5 Å².